The van der Waals surface area contributed by atoms with Crippen molar-refractivity contribution in [1.29, 1.82) is 0 Å². The number of sulfonamides is 1. The van der Waals surface area contributed by atoms with Crippen LogP contribution in [0, 0.1) is 0 Å². The highest BCUT2D eigenvalue weighted by Crippen LogP contribution is 2.36. The highest BCUT2D eigenvalue weighted by molar-refractivity contribution is 7.94. The molecule has 0 atom stereocenters. The van der Waals surface area contributed by atoms with E-state index in [4.69, 9.17) is 0 Å². The van der Waals surface area contributed by atoms with E-state index in [1.807, 2.05) is 0 Å². The van der Waals surface area contributed by atoms with Crippen LogP contribution in [0.4, 0.5) is 10.9 Å². The van der Waals surface area contributed by atoms with Crippen molar-refractivity contribution in [2.24, 2.45) is 0 Å². The molecule has 1 N–H and O–H groups in total. The summed E-state index contributed by atoms with van der Waals surface area (Å²) in [7, 11) is -3.84. The summed E-state index contributed by atoms with van der Waals surface area (Å²) in [5.74, 6) is 0.0325. The van der Waals surface area contributed by atoms with Crippen LogP contribution in [0.5, 0.6) is 0 Å². The van der Waals surface area contributed by atoms with Crippen molar-refractivity contribution >= 4 is 38.2 Å². The van der Waals surface area contributed by atoms with Crippen LogP contribution in [0.25, 0.3) is 0 Å². The summed E-state index contributed by atoms with van der Waals surface area (Å²) in [6.07, 6.45) is 3.11. The first-order valence-electron chi connectivity index (χ1n) is 6.55. The van der Waals surface area contributed by atoms with Crippen LogP contribution in [0.1, 0.15) is 19.8 Å². The molecule has 0 aromatic carbocycles. The van der Waals surface area contributed by atoms with Gasteiger partial charge in [-0.3, -0.25) is 4.79 Å². The average Bonchev–Trinajstić information content (AvgIpc) is 3.17. The Morgan fingerprint density at radius 2 is 2.14 bits per heavy atom. The van der Waals surface area contributed by atoms with E-state index in [9.17, 15) is 13.2 Å². The lowest BCUT2D eigenvalue weighted by atomic mass is 10.4. The minimum absolute atomic E-state index is 0.104. The van der Waals surface area contributed by atoms with Gasteiger partial charge in [0.15, 0.2) is 0 Å². The Labute approximate surface area is 131 Å². The minimum Gasteiger partial charge on any atom is -0.301 e. The van der Waals surface area contributed by atoms with Crippen LogP contribution in [0.15, 0.2) is 28.7 Å². The quantitative estimate of drug-likeness (QED) is 0.822. The molecule has 0 bridgehead atoms. The molecule has 1 fully saturated rings. The van der Waals surface area contributed by atoms with Gasteiger partial charge in [0.2, 0.25) is 11.0 Å². The van der Waals surface area contributed by atoms with Crippen LogP contribution in [0.2, 0.25) is 0 Å². The largest absolute Gasteiger partial charge is 0.301 e. The molecule has 2 aromatic rings. The van der Waals surface area contributed by atoms with Gasteiger partial charge in [-0.25, -0.2) is 9.29 Å². The fraction of sp³-hybridized carbons (Fsp3) is 0.333. The lowest BCUT2D eigenvalue weighted by Gasteiger charge is -2.21. The fourth-order valence-corrected chi connectivity index (χ4v) is 4.59. The van der Waals surface area contributed by atoms with E-state index in [0.717, 1.165) is 24.2 Å². The molecular formula is C12H13N5O3S2. The van der Waals surface area contributed by atoms with Crippen molar-refractivity contribution in [2.75, 3.05) is 9.62 Å². The first kappa shape index (κ1) is 14.9. The van der Waals surface area contributed by atoms with E-state index in [1.165, 1.54) is 11.2 Å². The molecule has 1 aliphatic rings. The normalized spacial score (nSPS) is 14.6. The topological polar surface area (TPSA) is 105 Å². The number of carbonyl (C=O) groups excluding carboxylic acids is 1. The smallest absolute Gasteiger partial charge is 0.295 e. The first-order valence-corrected chi connectivity index (χ1v) is 8.80. The number of nitrogens with one attached hydrogen (secondary N) is 1. The lowest BCUT2D eigenvalue weighted by Crippen LogP contribution is -2.33. The van der Waals surface area contributed by atoms with Crippen LogP contribution in [0.3, 0.4) is 0 Å². The SMILES string of the molecule is CC(=O)Nc1nnc(S(=O)(=O)N(c2ccccn2)C2CC2)s1. The van der Waals surface area contributed by atoms with Gasteiger partial charge in [0, 0.05) is 19.2 Å². The Bertz CT molecular complexity index is 786. The predicted octanol–water partition coefficient (Wildman–Crippen LogP) is 1.25. The van der Waals surface area contributed by atoms with Gasteiger partial charge in [-0.05, 0) is 25.0 Å². The maximum absolute atomic E-state index is 12.8. The molecule has 116 valence electrons. The number of carbonyl (C=O) groups is 1. The molecule has 1 saturated carbocycles. The summed E-state index contributed by atoms with van der Waals surface area (Å²) in [5, 5.41) is 9.97. The summed E-state index contributed by atoms with van der Waals surface area (Å²) in [6, 6.07) is 5.00. The number of rotatable bonds is 5. The zero-order chi connectivity index (χ0) is 15.7. The summed E-state index contributed by atoms with van der Waals surface area (Å²) in [4.78, 5) is 15.1. The minimum atomic E-state index is -3.84. The Kier molecular flexibility index (Phi) is 3.79. The van der Waals surface area contributed by atoms with Crippen LogP contribution < -0.4 is 9.62 Å². The molecule has 1 amide bonds. The van der Waals surface area contributed by atoms with Gasteiger partial charge in [0.05, 0.1) is 0 Å². The summed E-state index contributed by atoms with van der Waals surface area (Å²) < 4.78 is 26.7. The second-order valence-corrected chi connectivity index (χ2v) is 7.74. The highest BCUT2D eigenvalue weighted by Gasteiger charge is 2.40. The first-order chi connectivity index (χ1) is 10.5. The van der Waals surface area contributed by atoms with E-state index in [0.29, 0.717) is 5.82 Å². The molecule has 0 saturated heterocycles. The standard InChI is InChI=1S/C12H13N5O3S2/c1-8(18)14-11-15-16-12(21-11)22(19,20)17(9-5-6-9)10-4-2-3-7-13-10/h2-4,7,9H,5-6H2,1H3,(H,14,15,18). The van der Waals surface area contributed by atoms with Gasteiger partial charge in [-0.2, -0.15) is 8.42 Å². The molecule has 2 aromatic heterocycles. The number of hydrogen-bond donors (Lipinski definition) is 1. The number of pyridine rings is 1. The zero-order valence-corrected chi connectivity index (χ0v) is 13.3. The second-order valence-electron chi connectivity index (χ2n) is 4.77. The van der Waals surface area contributed by atoms with Crippen molar-refractivity contribution in [2.45, 2.75) is 30.1 Å². The average molecular weight is 339 g/mol. The van der Waals surface area contributed by atoms with E-state index in [1.54, 1.807) is 24.4 Å². The lowest BCUT2D eigenvalue weighted by molar-refractivity contribution is -0.114. The van der Waals surface area contributed by atoms with Gasteiger partial charge >= 0.3 is 0 Å². The number of amides is 1. The Morgan fingerprint density at radius 1 is 1.36 bits per heavy atom. The third kappa shape index (κ3) is 2.92. The van der Waals surface area contributed by atoms with Crippen LogP contribution >= 0.6 is 11.3 Å². The number of anilines is 2. The van der Waals surface area contributed by atoms with Crippen molar-refractivity contribution in [3.8, 4) is 0 Å². The van der Waals surface area contributed by atoms with Gasteiger partial charge in [-0.1, -0.05) is 17.4 Å². The summed E-state index contributed by atoms with van der Waals surface area (Å²) >= 11 is 0.825. The molecule has 0 radical (unpaired) electrons. The van der Waals surface area contributed by atoms with Crippen LogP contribution in [-0.4, -0.2) is 35.5 Å². The van der Waals surface area contributed by atoms with Gasteiger partial charge in [-0.15, -0.1) is 10.2 Å². The predicted molar refractivity (Wildman–Crippen MR) is 81.1 cm³/mol. The van der Waals surface area contributed by atoms with E-state index in [-0.39, 0.29) is 21.4 Å². The maximum Gasteiger partial charge on any atom is 0.295 e. The van der Waals surface area contributed by atoms with Crippen LogP contribution in [-0.2, 0) is 14.8 Å². The molecule has 2 heterocycles. The molecule has 22 heavy (non-hydrogen) atoms. The molecule has 1 aliphatic carbocycles. The van der Waals surface area contributed by atoms with Crippen molar-refractivity contribution in [3.63, 3.8) is 0 Å². The van der Waals surface area contributed by atoms with Gasteiger partial charge in [0.25, 0.3) is 14.4 Å². The molecule has 0 spiro atoms. The van der Waals surface area contributed by atoms with E-state index in [2.05, 4.69) is 20.5 Å². The Balaban J connectivity index is 1.96. The number of aromatic nitrogens is 3. The van der Waals surface area contributed by atoms with E-state index < -0.39 is 10.0 Å². The zero-order valence-electron chi connectivity index (χ0n) is 11.6. The highest BCUT2D eigenvalue weighted by atomic mass is 32.2. The third-order valence-corrected chi connectivity index (χ3v) is 5.96. The van der Waals surface area contributed by atoms with Crippen molar-refractivity contribution < 1.29 is 13.2 Å². The molecule has 3 rings (SSSR count). The Morgan fingerprint density at radius 3 is 2.73 bits per heavy atom. The molecular weight excluding hydrogens is 326 g/mol. The summed E-state index contributed by atoms with van der Waals surface area (Å²) in [5.41, 5.74) is 0. The fourth-order valence-electron chi connectivity index (χ4n) is 1.90. The van der Waals surface area contributed by atoms with E-state index >= 15 is 0 Å². The third-order valence-electron chi connectivity index (χ3n) is 2.92. The van der Waals surface area contributed by atoms with Crippen molar-refractivity contribution in [1.82, 2.24) is 15.2 Å². The molecule has 0 aliphatic heterocycles. The van der Waals surface area contributed by atoms with Crippen molar-refractivity contribution in [3.05, 3.63) is 24.4 Å². The second kappa shape index (κ2) is 5.61. The summed E-state index contributed by atoms with van der Waals surface area (Å²) in [6.45, 7) is 1.32. The molecule has 0 unspecified atom stereocenters. The molecule has 8 nitrogen and oxygen atoms in total. The molecule has 10 heteroatoms. The van der Waals surface area contributed by atoms with Gasteiger partial charge < -0.3 is 5.32 Å². The monoisotopic (exact) mass is 339 g/mol. The van der Waals surface area contributed by atoms with Gasteiger partial charge in [0.1, 0.15) is 5.82 Å². The maximum atomic E-state index is 12.8. The Hall–Kier alpha value is -2.07. The number of hydrogen-bond acceptors (Lipinski definition) is 7. The number of nitrogens with zero attached hydrogens (tertiary/aromatic N) is 4.